The van der Waals surface area contributed by atoms with Crippen molar-refractivity contribution in [2.45, 2.75) is 12.8 Å². The van der Waals surface area contributed by atoms with E-state index in [1.54, 1.807) is 19.1 Å². The summed E-state index contributed by atoms with van der Waals surface area (Å²) >= 11 is 0. The molecule has 0 saturated heterocycles. The molecule has 0 aliphatic heterocycles. The van der Waals surface area contributed by atoms with E-state index in [1.165, 1.54) is 6.08 Å². The Hall–Kier alpha value is -3.99. The quantitative estimate of drug-likeness (QED) is 0.577. The molecular weight excluding hydrogens is 400 g/mol. The summed E-state index contributed by atoms with van der Waals surface area (Å²) in [7, 11) is 0. The molecule has 3 atom stereocenters. The molecule has 1 aliphatic rings. The van der Waals surface area contributed by atoms with Crippen LogP contribution in [-0.4, -0.2) is 17.6 Å². The smallest absolute Gasteiger partial charge is 0.235 e. The summed E-state index contributed by atoms with van der Waals surface area (Å²) in [6, 6.07) is 27.5. The van der Waals surface area contributed by atoms with Crippen LogP contribution < -0.4 is 10.6 Å². The average molecular weight is 425 g/mol. The van der Waals surface area contributed by atoms with Crippen LogP contribution >= 0.6 is 0 Å². The van der Waals surface area contributed by atoms with Gasteiger partial charge in [-0.3, -0.25) is 14.4 Å². The zero-order valence-electron chi connectivity index (χ0n) is 17.7. The fourth-order valence-electron chi connectivity index (χ4n) is 4.26. The Kier molecular flexibility index (Phi) is 6.26. The summed E-state index contributed by atoms with van der Waals surface area (Å²) in [5.74, 6) is -3.27. The summed E-state index contributed by atoms with van der Waals surface area (Å²) in [6.07, 6.45) is 1.43. The van der Waals surface area contributed by atoms with Crippen molar-refractivity contribution in [1.29, 1.82) is 0 Å². The summed E-state index contributed by atoms with van der Waals surface area (Å²) in [6.45, 7) is 1.77. The third-order valence-corrected chi connectivity index (χ3v) is 5.72. The van der Waals surface area contributed by atoms with Crippen molar-refractivity contribution in [3.63, 3.8) is 0 Å². The van der Waals surface area contributed by atoms with Crippen molar-refractivity contribution < 1.29 is 14.4 Å². The predicted molar refractivity (Wildman–Crippen MR) is 125 cm³/mol. The topological polar surface area (TPSA) is 75.3 Å². The fourth-order valence-corrected chi connectivity index (χ4v) is 4.26. The molecule has 3 aromatic carbocycles. The van der Waals surface area contributed by atoms with Gasteiger partial charge >= 0.3 is 0 Å². The number of rotatable bonds is 5. The van der Waals surface area contributed by atoms with E-state index in [9.17, 15) is 14.4 Å². The number of benzene rings is 3. The third kappa shape index (κ3) is 4.52. The van der Waals surface area contributed by atoms with Crippen molar-refractivity contribution in [3.8, 4) is 0 Å². The highest BCUT2D eigenvalue weighted by Gasteiger charge is 2.46. The van der Waals surface area contributed by atoms with Gasteiger partial charge in [-0.05, 0) is 42.8 Å². The van der Waals surface area contributed by atoms with E-state index in [1.807, 2.05) is 78.9 Å². The molecule has 3 aromatic rings. The maximum Gasteiger partial charge on any atom is 0.235 e. The van der Waals surface area contributed by atoms with Crippen LogP contribution in [0.25, 0.3) is 0 Å². The maximum absolute atomic E-state index is 13.4. The highest BCUT2D eigenvalue weighted by Crippen LogP contribution is 2.42. The number of amides is 2. The molecule has 32 heavy (non-hydrogen) atoms. The third-order valence-electron chi connectivity index (χ3n) is 5.72. The molecule has 0 fully saturated rings. The van der Waals surface area contributed by atoms with Crippen LogP contribution in [0.1, 0.15) is 18.4 Å². The second-order valence-electron chi connectivity index (χ2n) is 7.89. The Morgan fingerprint density at radius 2 is 1.09 bits per heavy atom. The second kappa shape index (κ2) is 9.43. The van der Waals surface area contributed by atoms with Gasteiger partial charge in [-0.15, -0.1) is 0 Å². The second-order valence-corrected chi connectivity index (χ2v) is 7.89. The SMILES string of the molecule is CC1=CC(=O)[C@H](C(=O)Nc2ccccc2)[C@H](c2ccccc2)[C@@H]1C(=O)Nc1ccccc1. The lowest BCUT2D eigenvalue weighted by atomic mass is 9.67. The van der Waals surface area contributed by atoms with Crippen molar-refractivity contribution in [2.75, 3.05) is 10.6 Å². The fraction of sp³-hybridized carbons (Fsp3) is 0.148. The Labute approximate surface area is 187 Å². The van der Waals surface area contributed by atoms with E-state index >= 15 is 0 Å². The van der Waals surface area contributed by atoms with Crippen LogP contribution in [0.4, 0.5) is 11.4 Å². The van der Waals surface area contributed by atoms with E-state index in [0.717, 1.165) is 5.56 Å². The van der Waals surface area contributed by atoms with Crippen LogP contribution in [0.2, 0.25) is 0 Å². The van der Waals surface area contributed by atoms with Gasteiger partial charge in [-0.2, -0.15) is 0 Å². The number of allylic oxidation sites excluding steroid dienone is 1. The number of hydrogen-bond acceptors (Lipinski definition) is 3. The lowest BCUT2D eigenvalue weighted by Crippen LogP contribution is -2.44. The van der Waals surface area contributed by atoms with Crippen LogP contribution in [0.5, 0.6) is 0 Å². The molecule has 5 nitrogen and oxygen atoms in total. The van der Waals surface area contributed by atoms with E-state index < -0.39 is 23.7 Å². The van der Waals surface area contributed by atoms with E-state index in [2.05, 4.69) is 10.6 Å². The van der Waals surface area contributed by atoms with Gasteiger partial charge in [0.1, 0.15) is 5.92 Å². The van der Waals surface area contributed by atoms with Crippen LogP contribution in [0.15, 0.2) is 103 Å². The monoisotopic (exact) mass is 424 g/mol. The molecule has 0 bridgehead atoms. The van der Waals surface area contributed by atoms with Gasteiger partial charge in [0.15, 0.2) is 5.78 Å². The molecule has 0 saturated carbocycles. The molecule has 2 amide bonds. The van der Waals surface area contributed by atoms with Crippen molar-refractivity contribution >= 4 is 29.0 Å². The van der Waals surface area contributed by atoms with Gasteiger partial charge in [0.05, 0.1) is 5.92 Å². The standard InChI is InChI=1S/C27H24N2O3/c1-18-17-22(30)25(27(32)29-21-15-9-4-10-16-21)24(19-11-5-2-6-12-19)23(18)26(31)28-20-13-7-3-8-14-20/h2-17,23-25H,1H3,(H,28,31)(H,29,32)/t23-,24-,25+/m1/s1. The molecule has 0 spiro atoms. The molecule has 0 unspecified atom stereocenters. The minimum Gasteiger partial charge on any atom is -0.326 e. The van der Waals surface area contributed by atoms with E-state index in [0.29, 0.717) is 16.9 Å². The largest absolute Gasteiger partial charge is 0.326 e. The maximum atomic E-state index is 13.4. The first-order valence-corrected chi connectivity index (χ1v) is 10.5. The van der Waals surface area contributed by atoms with Gasteiger partial charge in [0.25, 0.3) is 0 Å². The first kappa shape index (κ1) is 21.2. The average Bonchev–Trinajstić information content (AvgIpc) is 2.80. The number of ketones is 1. The van der Waals surface area contributed by atoms with Crippen molar-refractivity contribution in [3.05, 3.63) is 108 Å². The molecule has 4 rings (SSSR count). The van der Waals surface area contributed by atoms with Crippen molar-refractivity contribution in [1.82, 2.24) is 0 Å². The molecule has 1 aliphatic carbocycles. The summed E-state index contributed by atoms with van der Waals surface area (Å²) in [5.41, 5.74) is 2.68. The molecule has 0 heterocycles. The lowest BCUT2D eigenvalue weighted by Gasteiger charge is -2.35. The highest BCUT2D eigenvalue weighted by molar-refractivity contribution is 6.14. The number of para-hydroxylation sites is 2. The van der Waals surface area contributed by atoms with E-state index in [-0.39, 0.29) is 11.7 Å². The Bertz CT molecular complexity index is 1140. The van der Waals surface area contributed by atoms with Gasteiger partial charge in [-0.1, -0.05) is 72.3 Å². The molecular formula is C27H24N2O3. The summed E-state index contributed by atoms with van der Waals surface area (Å²) in [4.78, 5) is 39.8. The molecule has 160 valence electrons. The Balaban J connectivity index is 1.72. The summed E-state index contributed by atoms with van der Waals surface area (Å²) < 4.78 is 0. The van der Waals surface area contributed by atoms with E-state index in [4.69, 9.17) is 0 Å². The first-order chi connectivity index (χ1) is 15.5. The first-order valence-electron chi connectivity index (χ1n) is 10.5. The highest BCUT2D eigenvalue weighted by atomic mass is 16.2. The minimum atomic E-state index is -1.02. The number of carbonyl (C=O) groups excluding carboxylic acids is 3. The molecule has 0 radical (unpaired) electrons. The normalized spacial score (nSPS) is 20.2. The van der Waals surface area contributed by atoms with Gasteiger partial charge in [0, 0.05) is 17.3 Å². The molecule has 2 N–H and O–H groups in total. The van der Waals surface area contributed by atoms with Crippen LogP contribution in [0, 0.1) is 11.8 Å². The zero-order valence-corrected chi connectivity index (χ0v) is 17.7. The minimum absolute atomic E-state index is 0.246. The van der Waals surface area contributed by atoms with Crippen molar-refractivity contribution in [2.24, 2.45) is 11.8 Å². The van der Waals surface area contributed by atoms with Crippen LogP contribution in [0.3, 0.4) is 0 Å². The summed E-state index contributed by atoms with van der Waals surface area (Å²) in [5, 5.41) is 5.79. The number of anilines is 2. The number of carbonyl (C=O) groups is 3. The van der Waals surface area contributed by atoms with Gasteiger partial charge in [-0.25, -0.2) is 0 Å². The molecule has 5 heteroatoms. The Morgan fingerprint density at radius 1 is 0.656 bits per heavy atom. The lowest BCUT2D eigenvalue weighted by molar-refractivity contribution is -0.131. The molecule has 0 aromatic heterocycles. The predicted octanol–water partition coefficient (Wildman–Crippen LogP) is 4.81. The van der Waals surface area contributed by atoms with Gasteiger partial charge < -0.3 is 10.6 Å². The Morgan fingerprint density at radius 3 is 1.59 bits per heavy atom. The number of hydrogen-bond donors (Lipinski definition) is 2. The van der Waals surface area contributed by atoms with Crippen LogP contribution in [-0.2, 0) is 14.4 Å². The zero-order chi connectivity index (χ0) is 22.5. The van der Waals surface area contributed by atoms with Gasteiger partial charge in [0.2, 0.25) is 11.8 Å². The number of nitrogens with one attached hydrogen (secondary N) is 2.